The predicted octanol–water partition coefficient (Wildman–Crippen LogP) is 1.50. The van der Waals surface area contributed by atoms with Gasteiger partial charge in [-0.05, 0) is 25.7 Å². The molecule has 0 bridgehead atoms. The minimum absolute atomic E-state index is 0.0898. The fraction of sp³-hybridized carbons (Fsp3) is 0.800. The van der Waals surface area contributed by atoms with Gasteiger partial charge in [0.15, 0.2) is 0 Å². The number of nitrogens with one attached hydrogen (secondary N) is 2. The Morgan fingerprint density at radius 1 is 1.14 bits per heavy atom. The molecule has 5 nitrogen and oxygen atoms in total. The highest BCUT2D eigenvalue weighted by Crippen LogP contribution is 2.31. The average Bonchev–Trinajstić information content (AvgIpc) is 3.26. The van der Waals surface area contributed by atoms with Crippen molar-refractivity contribution in [2.75, 3.05) is 13.1 Å². The SMILES string of the molecule is CCCC(CCC)(C(=O)NCCNC(=O)C1CC1)C(N)=S. The van der Waals surface area contributed by atoms with E-state index in [0.717, 1.165) is 25.7 Å². The average molecular weight is 313 g/mol. The van der Waals surface area contributed by atoms with E-state index in [2.05, 4.69) is 10.6 Å². The molecule has 1 rings (SSSR count). The zero-order chi connectivity index (χ0) is 15.9. The molecule has 0 aliphatic heterocycles. The van der Waals surface area contributed by atoms with Crippen LogP contribution in [0.3, 0.4) is 0 Å². The smallest absolute Gasteiger partial charge is 0.233 e. The molecule has 0 unspecified atom stereocenters. The van der Waals surface area contributed by atoms with Gasteiger partial charge in [0.05, 0.1) is 10.4 Å². The van der Waals surface area contributed by atoms with Crippen LogP contribution in [0.5, 0.6) is 0 Å². The van der Waals surface area contributed by atoms with Crippen molar-refractivity contribution in [2.45, 2.75) is 52.4 Å². The summed E-state index contributed by atoms with van der Waals surface area (Å²) in [7, 11) is 0. The maximum Gasteiger partial charge on any atom is 0.233 e. The maximum atomic E-state index is 12.5. The van der Waals surface area contributed by atoms with Crippen LogP contribution in [0.1, 0.15) is 52.4 Å². The lowest BCUT2D eigenvalue weighted by Gasteiger charge is -2.31. The number of nitrogens with two attached hydrogens (primary N) is 1. The Morgan fingerprint density at radius 3 is 2.10 bits per heavy atom. The number of hydrogen-bond donors (Lipinski definition) is 3. The largest absolute Gasteiger partial charge is 0.392 e. The summed E-state index contributed by atoms with van der Waals surface area (Å²) >= 11 is 5.15. The van der Waals surface area contributed by atoms with Gasteiger partial charge in [-0.15, -0.1) is 0 Å². The highest BCUT2D eigenvalue weighted by Gasteiger charge is 2.39. The normalized spacial score (nSPS) is 14.6. The minimum Gasteiger partial charge on any atom is -0.392 e. The van der Waals surface area contributed by atoms with Crippen LogP contribution in [0.25, 0.3) is 0 Å². The lowest BCUT2D eigenvalue weighted by atomic mass is 9.78. The number of rotatable bonds is 10. The van der Waals surface area contributed by atoms with Crippen LogP contribution in [0.15, 0.2) is 0 Å². The molecule has 2 amide bonds. The molecule has 1 fully saturated rings. The van der Waals surface area contributed by atoms with Gasteiger partial charge in [0.2, 0.25) is 11.8 Å². The molecule has 0 saturated heterocycles. The fourth-order valence-corrected chi connectivity index (χ4v) is 2.88. The molecule has 0 heterocycles. The molecule has 4 N–H and O–H groups in total. The second-order valence-electron chi connectivity index (χ2n) is 5.77. The molecule has 0 atom stereocenters. The Bertz CT molecular complexity index is 388. The lowest BCUT2D eigenvalue weighted by Crippen LogP contribution is -2.50. The molecular weight excluding hydrogens is 286 g/mol. The van der Waals surface area contributed by atoms with Gasteiger partial charge in [0.1, 0.15) is 0 Å². The van der Waals surface area contributed by atoms with E-state index >= 15 is 0 Å². The van der Waals surface area contributed by atoms with Crippen LogP contribution in [0.2, 0.25) is 0 Å². The van der Waals surface area contributed by atoms with Crippen molar-refractivity contribution in [1.82, 2.24) is 10.6 Å². The number of amides is 2. The summed E-state index contributed by atoms with van der Waals surface area (Å²) in [4.78, 5) is 24.3. The fourth-order valence-electron chi connectivity index (χ4n) is 2.58. The molecular formula is C15H27N3O2S. The monoisotopic (exact) mass is 313 g/mol. The quantitative estimate of drug-likeness (QED) is 0.421. The molecule has 1 aliphatic carbocycles. The van der Waals surface area contributed by atoms with E-state index in [0.29, 0.717) is 25.9 Å². The third-order valence-corrected chi connectivity index (χ3v) is 4.31. The van der Waals surface area contributed by atoms with Gasteiger partial charge in [-0.25, -0.2) is 0 Å². The van der Waals surface area contributed by atoms with Crippen molar-refractivity contribution in [1.29, 1.82) is 0 Å². The summed E-state index contributed by atoms with van der Waals surface area (Å²) < 4.78 is 0. The Morgan fingerprint density at radius 2 is 1.67 bits per heavy atom. The van der Waals surface area contributed by atoms with E-state index in [4.69, 9.17) is 18.0 Å². The Hall–Kier alpha value is -1.17. The van der Waals surface area contributed by atoms with Crippen molar-refractivity contribution in [3.05, 3.63) is 0 Å². The number of thiocarbonyl (C=S) groups is 1. The van der Waals surface area contributed by atoms with E-state index in [-0.39, 0.29) is 22.7 Å². The molecule has 21 heavy (non-hydrogen) atoms. The van der Waals surface area contributed by atoms with Crippen LogP contribution in [-0.2, 0) is 9.59 Å². The Labute approximate surface area is 132 Å². The van der Waals surface area contributed by atoms with Crippen molar-refractivity contribution in [3.63, 3.8) is 0 Å². The predicted molar refractivity (Wildman–Crippen MR) is 87.8 cm³/mol. The third-order valence-electron chi connectivity index (χ3n) is 3.92. The molecule has 6 heteroatoms. The third kappa shape index (κ3) is 4.95. The second kappa shape index (κ2) is 8.32. The van der Waals surface area contributed by atoms with Gasteiger partial charge in [0.25, 0.3) is 0 Å². The molecule has 120 valence electrons. The van der Waals surface area contributed by atoms with Gasteiger partial charge in [-0.2, -0.15) is 0 Å². The van der Waals surface area contributed by atoms with Gasteiger partial charge >= 0.3 is 0 Å². The zero-order valence-corrected chi connectivity index (χ0v) is 13.9. The summed E-state index contributed by atoms with van der Waals surface area (Å²) in [5.41, 5.74) is 5.10. The lowest BCUT2D eigenvalue weighted by molar-refractivity contribution is -0.128. The molecule has 0 radical (unpaired) electrons. The number of carbonyl (C=O) groups excluding carboxylic acids is 2. The van der Waals surface area contributed by atoms with Crippen LogP contribution < -0.4 is 16.4 Å². The highest BCUT2D eigenvalue weighted by molar-refractivity contribution is 7.80. The minimum atomic E-state index is -0.751. The Balaban J connectivity index is 2.47. The topological polar surface area (TPSA) is 84.2 Å². The molecule has 1 aliphatic rings. The van der Waals surface area contributed by atoms with Gasteiger partial charge in [-0.1, -0.05) is 38.9 Å². The van der Waals surface area contributed by atoms with Crippen molar-refractivity contribution >= 4 is 29.0 Å². The van der Waals surface area contributed by atoms with Crippen molar-refractivity contribution in [2.24, 2.45) is 17.1 Å². The van der Waals surface area contributed by atoms with Crippen LogP contribution in [0, 0.1) is 11.3 Å². The molecule has 0 spiro atoms. The van der Waals surface area contributed by atoms with Crippen LogP contribution >= 0.6 is 12.2 Å². The van der Waals surface area contributed by atoms with E-state index in [9.17, 15) is 9.59 Å². The number of hydrogen-bond acceptors (Lipinski definition) is 3. The van der Waals surface area contributed by atoms with E-state index < -0.39 is 5.41 Å². The second-order valence-corrected chi connectivity index (χ2v) is 6.21. The first kappa shape index (κ1) is 17.9. The van der Waals surface area contributed by atoms with Gasteiger partial charge < -0.3 is 16.4 Å². The van der Waals surface area contributed by atoms with Gasteiger partial charge in [0, 0.05) is 19.0 Å². The first-order valence-corrected chi connectivity index (χ1v) is 8.24. The summed E-state index contributed by atoms with van der Waals surface area (Å²) in [6.07, 6.45) is 4.99. The highest BCUT2D eigenvalue weighted by atomic mass is 32.1. The molecule has 0 aromatic carbocycles. The summed E-state index contributed by atoms with van der Waals surface area (Å²) in [6.45, 7) is 4.90. The first-order chi connectivity index (χ1) is 9.97. The van der Waals surface area contributed by atoms with Gasteiger partial charge in [-0.3, -0.25) is 9.59 Å². The van der Waals surface area contributed by atoms with E-state index in [1.165, 1.54) is 0 Å². The zero-order valence-electron chi connectivity index (χ0n) is 13.0. The summed E-state index contributed by atoms with van der Waals surface area (Å²) in [5.74, 6) is 0.169. The summed E-state index contributed by atoms with van der Waals surface area (Å²) in [5, 5.41) is 5.69. The molecule has 1 saturated carbocycles. The van der Waals surface area contributed by atoms with E-state index in [1.54, 1.807) is 0 Å². The first-order valence-electron chi connectivity index (χ1n) is 7.83. The molecule has 0 aromatic rings. The standard InChI is InChI=1S/C15H27N3O2S/c1-3-7-15(8-4-2,13(16)21)14(20)18-10-9-17-12(19)11-5-6-11/h11H,3-10H2,1-2H3,(H2,16,21)(H,17,19)(H,18,20). The van der Waals surface area contributed by atoms with Crippen LogP contribution in [-0.4, -0.2) is 29.9 Å². The molecule has 0 aromatic heterocycles. The van der Waals surface area contributed by atoms with E-state index in [1.807, 2.05) is 13.8 Å². The maximum absolute atomic E-state index is 12.5. The summed E-state index contributed by atoms with van der Waals surface area (Å²) in [6, 6.07) is 0. The Kier molecular flexibility index (Phi) is 7.08. The number of carbonyl (C=O) groups is 2. The van der Waals surface area contributed by atoms with Crippen molar-refractivity contribution < 1.29 is 9.59 Å². The van der Waals surface area contributed by atoms with Crippen molar-refractivity contribution in [3.8, 4) is 0 Å². The van der Waals surface area contributed by atoms with Crippen LogP contribution in [0.4, 0.5) is 0 Å².